The van der Waals surface area contributed by atoms with Gasteiger partial charge in [-0.05, 0) is 53.4 Å². The molecule has 180 valence electrons. The van der Waals surface area contributed by atoms with Gasteiger partial charge in [0.25, 0.3) is 5.56 Å². The van der Waals surface area contributed by atoms with E-state index in [-0.39, 0.29) is 36.6 Å². The molecule has 0 aliphatic carbocycles. The Morgan fingerprint density at radius 1 is 0.857 bits per heavy atom. The third kappa shape index (κ3) is 5.69. The minimum atomic E-state index is -0.715. The third-order valence-corrected chi connectivity index (χ3v) is 6.12. The Hall–Kier alpha value is -4.12. The van der Waals surface area contributed by atoms with E-state index in [1.165, 1.54) is 53.1 Å². The number of anilines is 1. The van der Waals surface area contributed by atoms with Gasteiger partial charge in [0.15, 0.2) is 0 Å². The number of fused-ring (bicyclic) bond motifs is 1. The van der Waals surface area contributed by atoms with E-state index in [1.807, 2.05) is 0 Å². The lowest BCUT2D eigenvalue weighted by Gasteiger charge is -2.12. The fourth-order valence-corrected chi connectivity index (χ4v) is 4.30. The number of amides is 2. The van der Waals surface area contributed by atoms with Crippen LogP contribution in [0.5, 0.6) is 0 Å². The van der Waals surface area contributed by atoms with E-state index in [4.69, 9.17) is 0 Å². The zero-order valence-corrected chi connectivity index (χ0v) is 19.1. The van der Waals surface area contributed by atoms with E-state index in [0.717, 1.165) is 15.9 Å². The Bertz CT molecular complexity index is 1490. The Morgan fingerprint density at radius 3 is 2.20 bits per heavy atom. The molecule has 35 heavy (non-hydrogen) atoms. The van der Waals surface area contributed by atoms with E-state index in [0.29, 0.717) is 16.8 Å². The molecular weight excluding hydrogens is 478 g/mol. The predicted molar refractivity (Wildman–Crippen MR) is 128 cm³/mol. The van der Waals surface area contributed by atoms with Crippen molar-refractivity contribution < 1.29 is 18.4 Å². The average molecular weight is 499 g/mol. The highest BCUT2D eigenvalue weighted by Crippen LogP contribution is 2.15. The van der Waals surface area contributed by atoms with Crippen molar-refractivity contribution in [2.24, 2.45) is 0 Å². The summed E-state index contributed by atoms with van der Waals surface area (Å²) in [5.41, 5.74) is 0.136. The number of hydrogen-bond donors (Lipinski definition) is 2. The molecule has 0 saturated carbocycles. The molecule has 0 saturated heterocycles. The van der Waals surface area contributed by atoms with Crippen molar-refractivity contribution in [1.82, 2.24) is 14.5 Å². The van der Waals surface area contributed by atoms with Gasteiger partial charge in [0, 0.05) is 25.2 Å². The first-order valence-corrected chi connectivity index (χ1v) is 11.5. The normalized spacial score (nSPS) is 10.9. The molecule has 0 spiro atoms. The van der Waals surface area contributed by atoms with Crippen LogP contribution in [0, 0.1) is 11.6 Å². The fraction of sp³-hybridized carbons (Fsp3) is 0.167. The molecule has 4 aromatic rings. The molecule has 0 atom stereocenters. The molecular formula is C24H20F2N4O4S. The standard InChI is InChI=1S/C24H20F2N4O4S/c25-16-3-1-15(2-4-16)13-27-21(32)14-30-19-10-12-35-22(19)23(33)29(24(30)34)11-9-20(31)28-18-7-5-17(26)6-8-18/h1-8,10,12H,9,11,13-14H2,(H,27,32)(H,28,31). The van der Waals surface area contributed by atoms with Crippen LogP contribution in [-0.2, 0) is 29.2 Å². The molecule has 0 unspecified atom stereocenters. The maximum Gasteiger partial charge on any atom is 0.332 e. The van der Waals surface area contributed by atoms with E-state index in [9.17, 15) is 28.0 Å². The van der Waals surface area contributed by atoms with Gasteiger partial charge < -0.3 is 10.6 Å². The van der Waals surface area contributed by atoms with Gasteiger partial charge in [-0.15, -0.1) is 11.3 Å². The second kappa shape index (κ2) is 10.4. The number of nitrogens with zero attached hydrogens (tertiary/aromatic N) is 2. The van der Waals surface area contributed by atoms with Crippen LogP contribution in [0.3, 0.4) is 0 Å². The molecule has 0 radical (unpaired) electrons. The summed E-state index contributed by atoms with van der Waals surface area (Å²) >= 11 is 1.13. The molecule has 2 heterocycles. The Morgan fingerprint density at radius 2 is 1.51 bits per heavy atom. The van der Waals surface area contributed by atoms with E-state index in [2.05, 4.69) is 10.6 Å². The summed E-state index contributed by atoms with van der Waals surface area (Å²) in [6.07, 6.45) is -0.180. The number of nitrogens with one attached hydrogen (secondary N) is 2. The lowest BCUT2D eigenvalue weighted by atomic mass is 10.2. The Labute approximate surface area is 201 Å². The van der Waals surface area contributed by atoms with Crippen molar-refractivity contribution >= 4 is 39.1 Å². The Kier molecular flexibility index (Phi) is 7.16. The van der Waals surface area contributed by atoms with Gasteiger partial charge in [0.05, 0.1) is 5.52 Å². The van der Waals surface area contributed by atoms with Crippen LogP contribution in [-0.4, -0.2) is 20.9 Å². The van der Waals surface area contributed by atoms with Crippen molar-refractivity contribution in [3.63, 3.8) is 0 Å². The maximum absolute atomic E-state index is 13.1. The summed E-state index contributed by atoms with van der Waals surface area (Å²) < 4.78 is 28.5. The number of benzene rings is 2. The van der Waals surface area contributed by atoms with Crippen molar-refractivity contribution in [2.75, 3.05) is 5.32 Å². The molecule has 8 nitrogen and oxygen atoms in total. The summed E-state index contributed by atoms with van der Waals surface area (Å²) in [5.74, 6) is -1.76. The van der Waals surface area contributed by atoms with Crippen molar-refractivity contribution in [1.29, 1.82) is 0 Å². The monoisotopic (exact) mass is 498 g/mol. The van der Waals surface area contributed by atoms with Gasteiger partial charge in [-0.2, -0.15) is 0 Å². The fourth-order valence-electron chi connectivity index (χ4n) is 3.46. The number of rotatable bonds is 8. The molecule has 2 aromatic heterocycles. The molecule has 11 heteroatoms. The molecule has 2 N–H and O–H groups in total. The van der Waals surface area contributed by atoms with Crippen LogP contribution in [0.4, 0.5) is 14.5 Å². The third-order valence-electron chi connectivity index (χ3n) is 5.23. The highest BCUT2D eigenvalue weighted by Gasteiger charge is 2.17. The number of thiophene rings is 1. The predicted octanol–water partition coefficient (Wildman–Crippen LogP) is 2.85. The summed E-state index contributed by atoms with van der Waals surface area (Å²) in [4.78, 5) is 50.8. The van der Waals surface area contributed by atoms with Crippen LogP contribution in [0.15, 0.2) is 69.6 Å². The van der Waals surface area contributed by atoms with Crippen LogP contribution in [0.1, 0.15) is 12.0 Å². The highest BCUT2D eigenvalue weighted by molar-refractivity contribution is 7.17. The van der Waals surface area contributed by atoms with Gasteiger partial charge in [0.2, 0.25) is 11.8 Å². The smallest absolute Gasteiger partial charge is 0.332 e. The van der Waals surface area contributed by atoms with Gasteiger partial charge >= 0.3 is 5.69 Å². The molecule has 4 rings (SSSR count). The van der Waals surface area contributed by atoms with Gasteiger partial charge in [0.1, 0.15) is 22.9 Å². The molecule has 0 fully saturated rings. The first-order chi connectivity index (χ1) is 16.8. The van der Waals surface area contributed by atoms with Crippen molar-refractivity contribution in [2.45, 2.75) is 26.1 Å². The average Bonchev–Trinajstić information content (AvgIpc) is 3.33. The molecule has 0 aliphatic heterocycles. The van der Waals surface area contributed by atoms with Crippen LogP contribution < -0.4 is 21.9 Å². The van der Waals surface area contributed by atoms with Gasteiger partial charge in [-0.3, -0.25) is 23.5 Å². The van der Waals surface area contributed by atoms with Gasteiger partial charge in [-0.25, -0.2) is 13.6 Å². The number of hydrogen-bond acceptors (Lipinski definition) is 5. The highest BCUT2D eigenvalue weighted by atomic mass is 32.1. The van der Waals surface area contributed by atoms with Crippen LogP contribution in [0.2, 0.25) is 0 Å². The minimum absolute atomic E-state index is 0.143. The maximum atomic E-state index is 13.1. The number of halogens is 2. The lowest BCUT2D eigenvalue weighted by Crippen LogP contribution is -2.42. The Balaban J connectivity index is 1.49. The van der Waals surface area contributed by atoms with Crippen LogP contribution in [0.25, 0.3) is 10.2 Å². The molecule has 0 bridgehead atoms. The van der Waals surface area contributed by atoms with E-state index >= 15 is 0 Å². The zero-order valence-electron chi connectivity index (χ0n) is 18.3. The quantitative estimate of drug-likeness (QED) is 0.390. The summed E-state index contributed by atoms with van der Waals surface area (Å²) in [6.45, 7) is -0.394. The summed E-state index contributed by atoms with van der Waals surface area (Å²) in [7, 11) is 0. The minimum Gasteiger partial charge on any atom is -0.350 e. The number of carbonyl (C=O) groups is 2. The summed E-state index contributed by atoms with van der Waals surface area (Å²) in [5, 5.41) is 6.89. The SMILES string of the molecule is O=C(Cn1c(=O)n(CCC(=O)Nc2ccc(F)cc2)c(=O)c2sccc21)NCc1ccc(F)cc1. The first kappa shape index (κ1) is 24.0. The lowest BCUT2D eigenvalue weighted by molar-refractivity contribution is -0.122. The van der Waals surface area contributed by atoms with E-state index in [1.54, 1.807) is 11.4 Å². The molecule has 2 amide bonds. The molecule has 0 aliphatic rings. The second-order valence-corrected chi connectivity index (χ2v) is 8.58. The van der Waals surface area contributed by atoms with E-state index < -0.39 is 28.9 Å². The summed E-state index contributed by atoms with van der Waals surface area (Å²) in [6, 6.07) is 12.4. The molecule has 2 aromatic carbocycles. The number of carbonyl (C=O) groups excluding carboxylic acids is 2. The van der Waals surface area contributed by atoms with Gasteiger partial charge in [-0.1, -0.05) is 12.1 Å². The van der Waals surface area contributed by atoms with Crippen molar-refractivity contribution in [3.8, 4) is 0 Å². The second-order valence-electron chi connectivity index (χ2n) is 7.67. The van der Waals surface area contributed by atoms with Crippen molar-refractivity contribution in [3.05, 3.63) is 98.0 Å². The zero-order chi connectivity index (χ0) is 24.9. The number of aromatic nitrogens is 2. The van der Waals surface area contributed by atoms with Crippen LogP contribution >= 0.6 is 11.3 Å². The largest absolute Gasteiger partial charge is 0.350 e. The topological polar surface area (TPSA) is 102 Å². The first-order valence-electron chi connectivity index (χ1n) is 10.6.